The lowest BCUT2D eigenvalue weighted by Crippen LogP contribution is -2.15. The Morgan fingerprint density at radius 2 is 1.90 bits per heavy atom. The van der Waals surface area contributed by atoms with Gasteiger partial charge >= 0.3 is 6.18 Å². The van der Waals surface area contributed by atoms with Gasteiger partial charge in [0.2, 0.25) is 0 Å². The zero-order chi connectivity index (χ0) is 8.20. The van der Waals surface area contributed by atoms with Gasteiger partial charge in [-0.3, -0.25) is 0 Å². The van der Waals surface area contributed by atoms with Crippen LogP contribution in [0.15, 0.2) is 0 Å². The Bertz CT molecular complexity index is 93.4. The van der Waals surface area contributed by atoms with Crippen LogP contribution in [0.2, 0.25) is 0 Å². The minimum atomic E-state index is -4.10. The lowest BCUT2D eigenvalue weighted by Gasteiger charge is -2.10. The van der Waals surface area contributed by atoms with Crippen LogP contribution < -0.4 is 0 Å². The quantitative estimate of drug-likeness (QED) is 0.614. The first-order chi connectivity index (χ1) is 4.45. The molecule has 0 aliphatic heterocycles. The summed E-state index contributed by atoms with van der Waals surface area (Å²) < 4.78 is 34.1. The van der Waals surface area contributed by atoms with Gasteiger partial charge in [-0.1, -0.05) is 22.6 Å². The molecular weight excluding hydrogens is 260 g/mol. The highest BCUT2D eigenvalue weighted by Gasteiger charge is 2.30. The maximum atomic E-state index is 11.5. The molecule has 0 heterocycles. The fourth-order valence-corrected chi connectivity index (χ4v) is 1.27. The molecule has 5 heteroatoms. The van der Waals surface area contributed by atoms with Crippen LogP contribution in [0.1, 0.15) is 12.8 Å². The van der Waals surface area contributed by atoms with E-state index >= 15 is 0 Å². The van der Waals surface area contributed by atoms with Crippen molar-refractivity contribution >= 4 is 22.6 Å². The van der Waals surface area contributed by atoms with Crippen LogP contribution in [-0.4, -0.2) is 21.8 Å². The molecule has 0 radical (unpaired) electrons. The number of aliphatic hydroxyl groups excluding tert-OH is 1. The molecule has 0 saturated carbocycles. The fraction of sp³-hybridized carbons (Fsp3) is 1.00. The first-order valence-electron chi connectivity index (χ1n) is 2.77. The molecule has 10 heavy (non-hydrogen) atoms. The Labute approximate surface area is 70.8 Å². The van der Waals surface area contributed by atoms with Crippen LogP contribution >= 0.6 is 22.6 Å². The number of aliphatic hydroxyl groups is 1. The molecule has 0 aliphatic rings. The van der Waals surface area contributed by atoms with Gasteiger partial charge < -0.3 is 5.11 Å². The van der Waals surface area contributed by atoms with Crippen LogP contribution in [-0.2, 0) is 0 Å². The smallest absolute Gasteiger partial charge is 0.390 e. The van der Waals surface area contributed by atoms with Crippen LogP contribution in [0.5, 0.6) is 0 Å². The molecule has 62 valence electrons. The predicted molar refractivity (Wildman–Crippen MR) is 40.2 cm³/mol. The van der Waals surface area contributed by atoms with Crippen molar-refractivity contribution in [1.29, 1.82) is 0 Å². The second-order valence-electron chi connectivity index (χ2n) is 1.93. The average Bonchev–Trinajstić information content (AvgIpc) is 1.59. The van der Waals surface area contributed by atoms with Gasteiger partial charge in [-0.2, -0.15) is 13.2 Å². The fourth-order valence-electron chi connectivity index (χ4n) is 0.493. The van der Waals surface area contributed by atoms with Crippen LogP contribution in [0.25, 0.3) is 0 Å². The van der Waals surface area contributed by atoms with Gasteiger partial charge in [-0.15, -0.1) is 0 Å². The molecule has 1 unspecified atom stereocenters. The van der Waals surface area contributed by atoms with E-state index in [9.17, 15) is 13.2 Å². The first-order valence-corrected chi connectivity index (χ1v) is 4.02. The van der Waals surface area contributed by atoms with E-state index < -0.39 is 16.5 Å². The summed E-state index contributed by atoms with van der Waals surface area (Å²) in [5.41, 5.74) is 0. The van der Waals surface area contributed by atoms with Crippen molar-refractivity contribution < 1.29 is 18.3 Å². The summed E-state index contributed by atoms with van der Waals surface area (Å²) >= 11 is 1.69. The lowest BCUT2D eigenvalue weighted by atomic mass is 10.2. The van der Waals surface area contributed by atoms with E-state index in [1.165, 1.54) is 0 Å². The molecule has 0 aromatic heterocycles. The van der Waals surface area contributed by atoms with Crippen molar-refractivity contribution in [2.24, 2.45) is 0 Å². The number of halogens is 4. The Balaban J connectivity index is 3.47. The summed E-state index contributed by atoms with van der Waals surface area (Å²) in [5.74, 6) is 0. The summed E-state index contributed by atoms with van der Waals surface area (Å²) in [5, 5.41) is 8.26. The Hall–Kier alpha value is 0.480. The minimum Gasteiger partial charge on any atom is -0.396 e. The van der Waals surface area contributed by atoms with Crippen molar-refractivity contribution in [3.8, 4) is 0 Å². The van der Waals surface area contributed by atoms with Crippen LogP contribution in [0, 0.1) is 0 Å². The van der Waals surface area contributed by atoms with E-state index in [0.29, 0.717) is 0 Å². The molecule has 0 spiro atoms. The number of rotatable bonds is 3. The minimum absolute atomic E-state index is 0.177. The van der Waals surface area contributed by atoms with E-state index in [1.807, 2.05) is 0 Å². The highest BCUT2D eigenvalue weighted by Crippen LogP contribution is 2.26. The van der Waals surface area contributed by atoms with E-state index in [1.54, 1.807) is 22.6 Å². The van der Waals surface area contributed by atoms with Crippen LogP contribution in [0.4, 0.5) is 13.2 Å². The molecule has 0 saturated heterocycles. The van der Waals surface area contributed by atoms with Crippen molar-refractivity contribution in [3.63, 3.8) is 0 Å². The van der Waals surface area contributed by atoms with E-state index in [-0.39, 0.29) is 13.0 Å². The van der Waals surface area contributed by atoms with Crippen molar-refractivity contribution in [2.45, 2.75) is 22.9 Å². The summed E-state index contributed by atoms with van der Waals surface area (Å²) in [7, 11) is 0. The van der Waals surface area contributed by atoms with Gasteiger partial charge in [0.1, 0.15) is 0 Å². The molecule has 0 aromatic carbocycles. The summed E-state index contributed by atoms with van der Waals surface area (Å²) in [6.45, 7) is -0.177. The Morgan fingerprint density at radius 1 is 1.40 bits per heavy atom. The molecular formula is C5H8F3IO. The Kier molecular flexibility index (Phi) is 4.59. The maximum absolute atomic E-state index is 11.5. The summed E-state index contributed by atoms with van der Waals surface area (Å²) in [6.07, 6.45) is -4.70. The molecule has 0 rings (SSSR count). The normalized spacial score (nSPS) is 15.3. The zero-order valence-electron chi connectivity index (χ0n) is 5.16. The van der Waals surface area contributed by atoms with Gasteiger partial charge in [-0.25, -0.2) is 0 Å². The third kappa shape index (κ3) is 6.60. The number of hydrogen-bond acceptors (Lipinski definition) is 1. The van der Waals surface area contributed by atoms with E-state index in [0.717, 1.165) is 0 Å². The molecule has 0 bridgehead atoms. The van der Waals surface area contributed by atoms with Crippen LogP contribution in [0.3, 0.4) is 0 Å². The maximum Gasteiger partial charge on any atom is 0.390 e. The first kappa shape index (κ1) is 10.5. The topological polar surface area (TPSA) is 20.2 Å². The highest BCUT2D eigenvalue weighted by atomic mass is 127. The standard InChI is InChI=1S/C5H8F3IO/c6-5(7,8)3-4(9)1-2-10/h4,10H,1-3H2. The van der Waals surface area contributed by atoms with E-state index in [2.05, 4.69) is 0 Å². The summed E-state index contributed by atoms with van der Waals surface area (Å²) in [6, 6.07) is 0. The molecule has 1 nitrogen and oxygen atoms in total. The third-order valence-corrected chi connectivity index (χ3v) is 1.96. The van der Waals surface area contributed by atoms with Crippen molar-refractivity contribution in [1.82, 2.24) is 0 Å². The zero-order valence-corrected chi connectivity index (χ0v) is 7.32. The van der Waals surface area contributed by atoms with Gasteiger partial charge in [0.25, 0.3) is 0 Å². The van der Waals surface area contributed by atoms with Gasteiger partial charge in [-0.05, 0) is 6.42 Å². The van der Waals surface area contributed by atoms with Crippen molar-refractivity contribution in [3.05, 3.63) is 0 Å². The number of hydrogen-bond donors (Lipinski definition) is 1. The SMILES string of the molecule is OCCC(I)CC(F)(F)F. The molecule has 0 amide bonds. The third-order valence-electron chi connectivity index (χ3n) is 0.895. The molecule has 1 atom stereocenters. The molecule has 0 aliphatic carbocycles. The van der Waals surface area contributed by atoms with Gasteiger partial charge in [0, 0.05) is 10.5 Å². The molecule has 1 N–H and O–H groups in total. The largest absolute Gasteiger partial charge is 0.396 e. The second-order valence-corrected chi connectivity index (χ2v) is 3.69. The highest BCUT2D eigenvalue weighted by molar-refractivity contribution is 14.1. The monoisotopic (exact) mass is 268 g/mol. The average molecular weight is 268 g/mol. The van der Waals surface area contributed by atoms with Crippen molar-refractivity contribution in [2.75, 3.05) is 6.61 Å². The number of alkyl halides is 4. The lowest BCUT2D eigenvalue weighted by molar-refractivity contribution is -0.133. The van der Waals surface area contributed by atoms with E-state index in [4.69, 9.17) is 5.11 Å². The predicted octanol–water partition coefficient (Wildman–Crippen LogP) is 2.12. The second kappa shape index (κ2) is 4.38. The molecule has 0 aromatic rings. The molecule has 0 fully saturated rings. The van der Waals surface area contributed by atoms with Gasteiger partial charge in [0.05, 0.1) is 6.42 Å². The van der Waals surface area contributed by atoms with Gasteiger partial charge in [0.15, 0.2) is 0 Å². The summed E-state index contributed by atoms with van der Waals surface area (Å²) in [4.78, 5) is 0. The Morgan fingerprint density at radius 3 is 2.20 bits per heavy atom.